The number of amides is 1. The fraction of sp³-hybridized carbons (Fsp3) is 0.0370. The number of hydrogen-bond donors (Lipinski definition) is 4. The summed E-state index contributed by atoms with van der Waals surface area (Å²) in [6.45, 7) is 0.0534. The number of rotatable bonds is 6. The third-order valence-electron chi connectivity index (χ3n) is 5.93. The number of nitrogens with two attached hydrogens (primary N) is 2. The molecule has 10 heteroatoms. The number of nitrogen functional groups attached to an aromatic ring is 2. The van der Waals surface area contributed by atoms with Crippen LogP contribution in [0.2, 0.25) is 5.02 Å². The molecule has 0 fully saturated rings. The van der Waals surface area contributed by atoms with E-state index < -0.39 is 11.7 Å². The van der Waals surface area contributed by atoms with Crippen LogP contribution in [0.4, 0.5) is 15.8 Å². The van der Waals surface area contributed by atoms with E-state index in [1.165, 1.54) is 12.3 Å². The van der Waals surface area contributed by atoms with Crippen molar-refractivity contribution < 1.29 is 9.18 Å². The van der Waals surface area contributed by atoms with Gasteiger partial charge in [0.1, 0.15) is 11.5 Å². The molecule has 6 N–H and O–H groups in total. The van der Waals surface area contributed by atoms with Gasteiger partial charge in [-0.15, -0.1) is 0 Å². The van der Waals surface area contributed by atoms with Crippen LogP contribution >= 0.6 is 23.5 Å². The zero-order valence-electron chi connectivity index (χ0n) is 19.3. The van der Waals surface area contributed by atoms with Gasteiger partial charge in [0.25, 0.3) is 11.5 Å². The van der Waals surface area contributed by atoms with E-state index in [0.717, 1.165) is 11.9 Å². The summed E-state index contributed by atoms with van der Waals surface area (Å²) in [7, 11) is 0. The Morgan fingerprint density at radius 3 is 2.59 bits per heavy atom. The smallest absolute Gasteiger partial charge is 0.278 e. The van der Waals surface area contributed by atoms with Gasteiger partial charge < -0.3 is 21.0 Å². The standard InChI is InChI=1S/C27H21ClFN5O2S/c28-16-7-10-23-19(12-16)24(18-5-3-11-32-26(18)35)25(34(23)14-15-4-1-2-6-20(15)29)27(36)33-37-17-8-9-21(30)22(31)13-17/h1-13H,14,30-31H2,(H,32,35)(H,33,36). The molecule has 0 saturated carbocycles. The lowest BCUT2D eigenvalue weighted by atomic mass is 10.0. The van der Waals surface area contributed by atoms with Gasteiger partial charge in [-0.25, -0.2) is 4.39 Å². The minimum absolute atomic E-state index is 0.0534. The molecule has 0 spiro atoms. The summed E-state index contributed by atoms with van der Waals surface area (Å²) in [5.74, 6) is -0.891. The van der Waals surface area contributed by atoms with Crippen molar-refractivity contribution in [1.82, 2.24) is 14.3 Å². The lowest BCUT2D eigenvalue weighted by Gasteiger charge is -2.13. The number of benzene rings is 3. The van der Waals surface area contributed by atoms with E-state index in [1.54, 1.807) is 71.3 Å². The van der Waals surface area contributed by atoms with Crippen LogP contribution in [0.5, 0.6) is 0 Å². The Morgan fingerprint density at radius 2 is 1.84 bits per heavy atom. The summed E-state index contributed by atoms with van der Waals surface area (Å²) in [6, 6.07) is 19.8. The first-order valence-electron chi connectivity index (χ1n) is 11.2. The molecule has 0 atom stereocenters. The quantitative estimate of drug-likeness (QED) is 0.171. The van der Waals surface area contributed by atoms with Crippen molar-refractivity contribution in [3.05, 3.63) is 111 Å². The van der Waals surface area contributed by atoms with E-state index >= 15 is 0 Å². The Hall–Kier alpha value is -4.21. The van der Waals surface area contributed by atoms with E-state index in [-0.39, 0.29) is 23.4 Å². The molecule has 0 radical (unpaired) electrons. The van der Waals surface area contributed by atoms with E-state index in [2.05, 4.69) is 9.71 Å². The first-order valence-corrected chi connectivity index (χ1v) is 12.4. The number of fused-ring (bicyclic) bond motifs is 1. The summed E-state index contributed by atoms with van der Waals surface area (Å²) in [6.07, 6.45) is 1.51. The van der Waals surface area contributed by atoms with Gasteiger partial charge in [-0.05, 0) is 66.5 Å². The molecule has 186 valence electrons. The lowest BCUT2D eigenvalue weighted by Crippen LogP contribution is -2.22. The van der Waals surface area contributed by atoms with Gasteiger partial charge >= 0.3 is 0 Å². The maximum Gasteiger partial charge on any atom is 0.278 e. The minimum Gasteiger partial charge on any atom is -0.397 e. The molecule has 0 aliphatic carbocycles. The highest BCUT2D eigenvalue weighted by Crippen LogP contribution is 2.36. The highest BCUT2D eigenvalue weighted by Gasteiger charge is 2.26. The van der Waals surface area contributed by atoms with E-state index in [1.807, 2.05) is 0 Å². The lowest BCUT2D eigenvalue weighted by molar-refractivity contribution is 0.0977. The predicted octanol–water partition coefficient (Wildman–Crippen LogP) is 5.44. The molecule has 7 nitrogen and oxygen atoms in total. The minimum atomic E-state index is -0.484. The van der Waals surface area contributed by atoms with E-state index in [9.17, 15) is 14.0 Å². The normalized spacial score (nSPS) is 11.1. The molecule has 1 amide bonds. The topological polar surface area (TPSA) is 119 Å². The molecule has 5 aromatic rings. The molecule has 0 unspecified atom stereocenters. The highest BCUT2D eigenvalue weighted by molar-refractivity contribution is 7.98. The average molecular weight is 534 g/mol. The Morgan fingerprint density at radius 1 is 1.03 bits per heavy atom. The number of hydrogen-bond acceptors (Lipinski definition) is 5. The number of nitrogens with one attached hydrogen (secondary N) is 2. The fourth-order valence-electron chi connectivity index (χ4n) is 4.19. The largest absolute Gasteiger partial charge is 0.397 e. The van der Waals surface area contributed by atoms with Gasteiger partial charge in [0, 0.05) is 43.7 Å². The molecular formula is C27H21ClFN5O2S. The molecule has 2 aromatic heterocycles. The SMILES string of the molecule is Nc1ccc(SNC(=O)c2c(-c3ccc[nH]c3=O)c3cc(Cl)ccc3n2Cc2ccccc2F)cc1N. The van der Waals surface area contributed by atoms with Crippen LogP contribution in [0.3, 0.4) is 0 Å². The molecule has 5 rings (SSSR count). The number of carbonyl (C=O) groups is 1. The van der Waals surface area contributed by atoms with Gasteiger partial charge in [-0.3, -0.25) is 14.3 Å². The summed E-state index contributed by atoms with van der Waals surface area (Å²) in [5.41, 5.74) is 14.0. The fourth-order valence-corrected chi connectivity index (χ4v) is 4.99. The second-order valence-corrected chi connectivity index (χ2v) is 9.62. The number of anilines is 2. The summed E-state index contributed by atoms with van der Waals surface area (Å²) < 4.78 is 19.2. The van der Waals surface area contributed by atoms with Crippen molar-refractivity contribution in [2.75, 3.05) is 11.5 Å². The van der Waals surface area contributed by atoms with Gasteiger partial charge in [-0.2, -0.15) is 0 Å². The van der Waals surface area contributed by atoms with Crippen molar-refractivity contribution in [1.29, 1.82) is 0 Å². The second-order valence-electron chi connectivity index (χ2n) is 8.30. The van der Waals surface area contributed by atoms with Crippen molar-refractivity contribution in [3.8, 4) is 11.1 Å². The maximum absolute atomic E-state index is 14.7. The summed E-state index contributed by atoms with van der Waals surface area (Å²) in [4.78, 5) is 30.0. The number of nitrogens with zero attached hydrogens (tertiary/aromatic N) is 1. The number of carbonyl (C=O) groups excluding carboxylic acids is 1. The number of pyridine rings is 1. The Balaban J connectivity index is 1.70. The number of aromatic nitrogens is 2. The van der Waals surface area contributed by atoms with Gasteiger partial charge in [-0.1, -0.05) is 29.8 Å². The molecule has 0 aliphatic heterocycles. The highest BCUT2D eigenvalue weighted by atomic mass is 35.5. The maximum atomic E-state index is 14.7. The molecular weight excluding hydrogens is 513 g/mol. The van der Waals surface area contributed by atoms with Crippen LogP contribution in [0.1, 0.15) is 16.1 Å². The molecule has 3 aromatic carbocycles. The number of aromatic amines is 1. The zero-order valence-corrected chi connectivity index (χ0v) is 20.9. The predicted molar refractivity (Wildman–Crippen MR) is 147 cm³/mol. The van der Waals surface area contributed by atoms with Gasteiger partial charge in [0.05, 0.1) is 17.9 Å². The monoisotopic (exact) mass is 533 g/mol. The average Bonchev–Trinajstić information content (AvgIpc) is 3.19. The first-order chi connectivity index (χ1) is 17.8. The Labute approximate surface area is 220 Å². The van der Waals surface area contributed by atoms with Crippen LogP contribution in [-0.2, 0) is 6.54 Å². The van der Waals surface area contributed by atoms with E-state index in [0.29, 0.717) is 43.3 Å². The zero-order chi connectivity index (χ0) is 26.1. The third kappa shape index (κ3) is 4.78. The molecule has 37 heavy (non-hydrogen) atoms. The summed E-state index contributed by atoms with van der Waals surface area (Å²) >= 11 is 7.38. The van der Waals surface area contributed by atoms with E-state index in [4.69, 9.17) is 23.1 Å². The Kier molecular flexibility index (Phi) is 6.64. The van der Waals surface area contributed by atoms with Gasteiger partial charge in [0.2, 0.25) is 0 Å². The number of halogens is 2. The summed E-state index contributed by atoms with van der Waals surface area (Å²) in [5, 5.41) is 1.02. The Bertz CT molecular complexity index is 1720. The van der Waals surface area contributed by atoms with Crippen LogP contribution in [0.15, 0.2) is 88.7 Å². The van der Waals surface area contributed by atoms with Crippen LogP contribution in [0, 0.1) is 5.82 Å². The molecule has 2 heterocycles. The van der Waals surface area contributed by atoms with Crippen LogP contribution in [-0.4, -0.2) is 15.5 Å². The second kappa shape index (κ2) is 10.0. The number of H-pyrrole nitrogens is 1. The first kappa shape index (κ1) is 24.5. The van der Waals surface area contributed by atoms with Gasteiger partial charge in [0.15, 0.2) is 0 Å². The van der Waals surface area contributed by atoms with Crippen molar-refractivity contribution >= 4 is 51.7 Å². The van der Waals surface area contributed by atoms with Crippen molar-refractivity contribution in [2.45, 2.75) is 11.4 Å². The van der Waals surface area contributed by atoms with Crippen molar-refractivity contribution in [3.63, 3.8) is 0 Å². The van der Waals surface area contributed by atoms with Crippen molar-refractivity contribution in [2.24, 2.45) is 0 Å². The van der Waals surface area contributed by atoms with Crippen LogP contribution in [0.25, 0.3) is 22.0 Å². The molecule has 0 aliphatic rings. The molecule has 0 bridgehead atoms. The van der Waals surface area contributed by atoms with Crippen LogP contribution < -0.4 is 21.7 Å². The molecule has 0 saturated heterocycles. The third-order valence-corrected chi connectivity index (χ3v) is 6.95.